The summed E-state index contributed by atoms with van der Waals surface area (Å²) in [7, 11) is 0. The number of amides is 1. The summed E-state index contributed by atoms with van der Waals surface area (Å²) in [5.41, 5.74) is 1.32. The van der Waals surface area contributed by atoms with Gasteiger partial charge in [-0.1, -0.05) is 11.6 Å². The third-order valence-corrected chi connectivity index (χ3v) is 3.35. The van der Waals surface area contributed by atoms with Crippen LogP contribution in [0.15, 0.2) is 24.7 Å². The molecule has 0 bridgehead atoms. The lowest BCUT2D eigenvalue weighted by Crippen LogP contribution is -2.23. The number of alkyl halides is 2. The van der Waals surface area contributed by atoms with Gasteiger partial charge in [0.05, 0.1) is 10.6 Å². The number of carbonyl (C=O) groups excluding carboxylic acids is 1. The third kappa shape index (κ3) is 4.32. The molecule has 0 fully saturated rings. The number of rotatable bonds is 5. The number of aromatic nitrogens is 2. The van der Waals surface area contributed by atoms with Gasteiger partial charge in [-0.05, 0) is 24.1 Å². The van der Waals surface area contributed by atoms with E-state index in [0.29, 0.717) is 10.6 Å². The van der Waals surface area contributed by atoms with E-state index in [1.807, 2.05) is 0 Å². The maximum atomic E-state index is 13.5. The van der Waals surface area contributed by atoms with Crippen molar-refractivity contribution in [3.05, 3.63) is 52.2 Å². The molecule has 2 aromatic heterocycles. The fourth-order valence-electron chi connectivity index (χ4n) is 1.72. The smallest absolute Gasteiger partial charge is 0.388 e. The van der Waals surface area contributed by atoms with Gasteiger partial charge in [0, 0.05) is 25.1 Å². The molecule has 0 unspecified atom stereocenters. The highest BCUT2D eigenvalue weighted by Crippen LogP contribution is 2.18. The zero-order valence-corrected chi connectivity index (χ0v) is 12.6. The SMILES string of the molecule is Cc1c(Cl)cncc1CNC(=O)c1cnc(OC(F)F)c(F)c1. The first kappa shape index (κ1) is 17.0. The molecule has 0 radical (unpaired) electrons. The molecule has 1 N–H and O–H groups in total. The highest BCUT2D eigenvalue weighted by Gasteiger charge is 2.15. The molecule has 0 spiro atoms. The van der Waals surface area contributed by atoms with Crippen molar-refractivity contribution in [2.75, 3.05) is 0 Å². The number of nitrogens with one attached hydrogen (secondary N) is 1. The van der Waals surface area contributed by atoms with E-state index in [2.05, 4.69) is 20.0 Å². The number of hydrogen-bond acceptors (Lipinski definition) is 4. The van der Waals surface area contributed by atoms with Crippen LogP contribution in [0.5, 0.6) is 5.88 Å². The minimum absolute atomic E-state index is 0.120. The Morgan fingerprint density at radius 2 is 2.13 bits per heavy atom. The van der Waals surface area contributed by atoms with E-state index in [1.54, 1.807) is 13.1 Å². The maximum Gasteiger partial charge on any atom is 0.388 e. The Hall–Kier alpha value is -2.35. The van der Waals surface area contributed by atoms with Gasteiger partial charge in [-0.3, -0.25) is 9.78 Å². The first-order valence-electron chi connectivity index (χ1n) is 6.36. The van der Waals surface area contributed by atoms with Crippen LogP contribution in [0.25, 0.3) is 0 Å². The molecular weight excluding hydrogens is 335 g/mol. The highest BCUT2D eigenvalue weighted by molar-refractivity contribution is 6.31. The second-order valence-corrected chi connectivity index (χ2v) is 4.88. The normalized spacial score (nSPS) is 10.7. The molecule has 0 saturated carbocycles. The van der Waals surface area contributed by atoms with Gasteiger partial charge < -0.3 is 10.1 Å². The molecule has 0 aromatic carbocycles. The van der Waals surface area contributed by atoms with Crippen molar-refractivity contribution >= 4 is 17.5 Å². The van der Waals surface area contributed by atoms with Crippen molar-refractivity contribution in [3.63, 3.8) is 0 Å². The van der Waals surface area contributed by atoms with E-state index >= 15 is 0 Å². The third-order valence-electron chi connectivity index (χ3n) is 2.97. The number of halogens is 4. The van der Waals surface area contributed by atoms with Gasteiger partial charge in [0.1, 0.15) is 0 Å². The van der Waals surface area contributed by atoms with Crippen LogP contribution in [0.2, 0.25) is 5.02 Å². The second kappa shape index (κ2) is 7.28. The molecule has 2 heterocycles. The molecule has 0 aliphatic carbocycles. The molecule has 5 nitrogen and oxygen atoms in total. The summed E-state index contributed by atoms with van der Waals surface area (Å²) in [4.78, 5) is 19.2. The molecule has 0 aliphatic heterocycles. The Balaban J connectivity index is 2.06. The lowest BCUT2D eigenvalue weighted by atomic mass is 10.1. The number of carbonyl (C=O) groups is 1. The molecule has 2 rings (SSSR count). The Labute approximate surface area is 134 Å². The average molecular weight is 346 g/mol. The molecule has 9 heteroatoms. The predicted molar refractivity (Wildman–Crippen MR) is 76.0 cm³/mol. The summed E-state index contributed by atoms with van der Waals surface area (Å²) in [6.07, 6.45) is 3.96. The van der Waals surface area contributed by atoms with E-state index in [9.17, 15) is 18.0 Å². The number of pyridine rings is 2. The predicted octanol–water partition coefficient (Wildman–Crippen LogP) is 3.11. The summed E-state index contributed by atoms with van der Waals surface area (Å²) in [6.45, 7) is -1.31. The molecule has 2 aromatic rings. The lowest BCUT2D eigenvalue weighted by Gasteiger charge is -2.09. The maximum absolute atomic E-state index is 13.5. The van der Waals surface area contributed by atoms with Crippen LogP contribution in [0.3, 0.4) is 0 Å². The fourth-order valence-corrected chi connectivity index (χ4v) is 1.89. The fraction of sp³-hybridized carbons (Fsp3) is 0.214. The minimum Gasteiger partial charge on any atom is -0.414 e. The van der Waals surface area contributed by atoms with Crippen molar-refractivity contribution in [2.45, 2.75) is 20.1 Å². The standard InChI is InChI=1S/C14H11ClF3N3O2/c1-7-9(3-19-6-10(7)15)5-20-12(22)8-2-11(16)13(21-4-8)23-14(17)18/h2-4,6,14H,5H2,1H3,(H,20,22). The average Bonchev–Trinajstić information content (AvgIpc) is 2.50. The summed E-state index contributed by atoms with van der Waals surface area (Å²) in [5.74, 6) is -2.65. The molecule has 1 amide bonds. The van der Waals surface area contributed by atoms with Crippen molar-refractivity contribution in [1.29, 1.82) is 0 Å². The molecule has 23 heavy (non-hydrogen) atoms. The summed E-state index contributed by atoms with van der Waals surface area (Å²) >= 11 is 5.92. The Morgan fingerprint density at radius 1 is 1.39 bits per heavy atom. The Bertz CT molecular complexity index is 728. The van der Waals surface area contributed by atoms with E-state index in [1.165, 1.54) is 6.20 Å². The first-order valence-corrected chi connectivity index (χ1v) is 6.74. The van der Waals surface area contributed by atoms with Crippen molar-refractivity contribution in [3.8, 4) is 5.88 Å². The van der Waals surface area contributed by atoms with Gasteiger partial charge >= 0.3 is 6.61 Å². The van der Waals surface area contributed by atoms with E-state index in [0.717, 1.165) is 17.8 Å². The van der Waals surface area contributed by atoms with Crippen LogP contribution in [0.1, 0.15) is 21.5 Å². The van der Waals surface area contributed by atoms with Crippen LogP contribution in [-0.2, 0) is 6.54 Å². The molecular formula is C14H11ClF3N3O2. The molecule has 0 aliphatic rings. The van der Waals surface area contributed by atoms with Gasteiger partial charge in [-0.15, -0.1) is 0 Å². The van der Waals surface area contributed by atoms with E-state index < -0.39 is 24.2 Å². The van der Waals surface area contributed by atoms with E-state index in [-0.39, 0.29) is 12.1 Å². The number of hydrogen-bond donors (Lipinski definition) is 1. The monoisotopic (exact) mass is 345 g/mol. The molecule has 0 atom stereocenters. The Morgan fingerprint density at radius 3 is 2.78 bits per heavy atom. The zero-order valence-electron chi connectivity index (χ0n) is 11.8. The number of ether oxygens (including phenoxy) is 1. The Kier molecular flexibility index (Phi) is 5.38. The van der Waals surface area contributed by atoms with Crippen LogP contribution in [-0.4, -0.2) is 22.5 Å². The van der Waals surface area contributed by atoms with E-state index in [4.69, 9.17) is 11.6 Å². The van der Waals surface area contributed by atoms with Crippen LogP contribution < -0.4 is 10.1 Å². The van der Waals surface area contributed by atoms with Gasteiger partial charge in [-0.2, -0.15) is 8.78 Å². The first-order chi connectivity index (χ1) is 10.9. The van der Waals surface area contributed by atoms with Crippen molar-refractivity contribution in [2.24, 2.45) is 0 Å². The van der Waals surface area contributed by atoms with Crippen LogP contribution in [0, 0.1) is 12.7 Å². The van der Waals surface area contributed by atoms with Gasteiger partial charge in [0.2, 0.25) is 0 Å². The second-order valence-electron chi connectivity index (χ2n) is 4.48. The summed E-state index contributed by atoms with van der Waals surface area (Å²) in [5, 5.41) is 2.99. The number of nitrogens with zero attached hydrogens (tertiary/aromatic N) is 2. The van der Waals surface area contributed by atoms with Crippen molar-refractivity contribution in [1.82, 2.24) is 15.3 Å². The van der Waals surface area contributed by atoms with Crippen LogP contribution >= 0.6 is 11.6 Å². The lowest BCUT2D eigenvalue weighted by molar-refractivity contribution is -0.0553. The molecule has 0 saturated heterocycles. The summed E-state index contributed by atoms with van der Waals surface area (Å²) in [6, 6.07) is 0.767. The summed E-state index contributed by atoms with van der Waals surface area (Å²) < 4.78 is 41.4. The van der Waals surface area contributed by atoms with Gasteiger partial charge in [-0.25, -0.2) is 9.37 Å². The van der Waals surface area contributed by atoms with Crippen LogP contribution in [0.4, 0.5) is 13.2 Å². The van der Waals surface area contributed by atoms with Gasteiger partial charge in [0.25, 0.3) is 11.8 Å². The van der Waals surface area contributed by atoms with Crippen molar-refractivity contribution < 1.29 is 22.7 Å². The highest BCUT2D eigenvalue weighted by atomic mass is 35.5. The van der Waals surface area contributed by atoms with Gasteiger partial charge in [0.15, 0.2) is 5.82 Å². The zero-order chi connectivity index (χ0) is 17.0. The minimum atomic E-state index is -3.20. The molecule has 122 valence electrons. The largest absolute Gasteiger partial charge is 0.414 e. The quantitative estimate of drug-likeness (QED) is 0.904. The topological polar surface area (TPSA) is 64.1 Å².